The molecule has 0 bridgehead atoms. The van der Waals surface area contributed by atoms with Gasteiger partial charge in [-0.05, 0) is 19.3 Å². The quantitative estimate of drug-likeness (QED) is 0.835. The zero-order valence-corrected chi connectivity index (χ0v) is 9.98. The lowest BCUT2D eigenvalue weighted by atomic mass is 10.1. The van der Waals surface area contributed by atoms with Crippen molar-refractivity contribution in [3.05, 3.63) is 17.3 Å². The molecule has 0 saturated carbocycles. The van der Waals surface area contributed by atoms with E-state index in [1.54, 1.807) is 6.92 Å². The average Bonchev–Trinajstić information content (AvgIpc) is 2.59. The number of hydrogen-bond acceptors (Lipinski definition) is 4. The van der Waals surface area contributed by atoms with Gasteiger partial charge in [-0.3, -0.25) is 0 Å². The van der Waals surface area contributed by atoms with Crippen LogP contribution in [0.25, 0.3) is 0 Å². The fourth-order valence-electron chi connectivity index (χ4n) is 1.34. The van der Waals surface area contributed by atoms with Crippen LogP contribution in [0.3, 0.4) is 0 Å². The van der Waals surface area contributed by atoms with Crippen molar-refractivity contribution in [3.63, 3.8) is 0 Å². The Labute approximate surface area is 94.4 Å². The fraction of sp³-hybridized carbons (Fsp3) is 0.636. The number of ether oxygens (including phenoxy) is 1. The van der Waals surface area contributed by atoms with Gasteiger partial charge in [0.05, 0.1) is 5.69 Å². The van der Waals surface area contributed by atoms with E-state index < -0.39 is 5.97 Å². The van der Waals surface area contributed by atoms with Gasteiger partial charge in [0, 0.05) is 7.11 Å². The summed E-state index contributed by atoms with van der Waals surface area (Å²) >= 11 is 0. The normalized spacial score (nSPS) is 13.1. The lowest BCUT2D eigenvalue weighted by molar-refractivity contribution is 0.0635. The molecule has 0 aliphatic heterocycles. The summed E-state index contributed by atoms with van der Waals surface area (Å²) in [5.74, 6) is -0.519. The van der Waals surface area contributed by atoms with Gasteiger partial charge in [0.1, 0.15) is 6.10 Å². The lowest BCUT2D eigenvalue weighted by Crippen LogP contribution is -2.03. The highest BCUT2D eigenvalue weighted by molar-refractivity contribution is 5.85. The summed E-state index contributed by atoms with van der Waals surface area (Å²) in [5.41, 5.74) is 0.487. The molecule has 1 heterocycles. The summed E-state index contributed by atoms with van der Waals surface area (Å²) < 4.78 is 10.2. The average molecular weight is 227 g/mol. The summed E-state index contributed by atoms with van der Waals surface area (Å²) in [6, 6.07) is 0. The van der Waals surface area contributed by atoms with Gasteiger partial charge >= 0.3 is 5.97 Å². The second-order valence-corrected chi connectivity index (χ2v) is 4.11. The van der Waals surface area contributed by atoms with E-state index in [2.05, 4.69) is 4.98 Å². The summed E-state index contributed by atoms with van der Waals surface area (Å²) in [6.07, 6.45) is 0.251. The van der Waals surface area contributed by atoms with Crippen molar-refractivity contribution < 1.29 is 19.1 Å². The second kappa shape index (κ2) is 5.12. The highest BCUT2D eigenvalue weighted by Crippen LogP contribution is 2.21. The predicted molar refractivity (Wildman–Crippen MR) is 57.4 cm³/mol. The first-order chi connectivity index (χ1) is 7.45. The van der Waals surface area contributed by atoms with Crippen LogP contribution >= 0.6 is 0 Å². The van der Waals surface area contributed by atoms with Crippen molar-refractivity contribution >= 4 is 5.97 Å². The monoisotopic (exact) mass is 227 g/mol. The van der Waals surface area contributed by atoms with E-state index in [4.69, 9.17) is 14.3 Å². The summed E-state index contributed by atoms with van der Waals surface area (Å²) in [5, 5.41) is 8.97. The van der Waals surface area contributed by atoms with Crippen LogP contribution in [-0.4, -0.2) is 23.2 Å². The van der Waals surface area contributed by atoms with Gasteiger partial charge in [0.25, 0.3) is 0 Å². The largest absolute Gasteiger partial charge is 0.475 e. The molecule has 0 aromatic carbocycles. The minimum atomic E-state index is -1.09. The van der Waals surface area contributed by atoms with Crippen LogP contribution in [0.15, 0.2) is 4.42 Å². The molecule has 0 spiro atoms. The predicted octanol–water partition coefficient (Wildman–Crippen LogP) is 2.28. The van der Waals surface area contributed by atoms with E-state index in [1.165, 1.54) is 7.11 Å². The first-order valence-electron chi connectivity index (χ1n) is 5.21. The molecule has 0 aliphatic rings. The smallest absolute Gasteiger partial charge is 0.373 e. The summed E-state index contributed by atoms with van der Waals surface area (Å²) in [6.45, 7) is 5.76. The van der Waals surface area contributed by atoms with E-state index in [-0.39, 0.29) is 11.9 Å². The molecule has 16 heavy (non-hydrogen) atoms. The van der Waals surface area contributed by atoms with Crippen LogP contribution in [-0.2, 0) is 11.2 Å². The maximum absolute atomic E-state index is 11.0. The van der Waals surface area contributed by atoms with E-state index in [0.717, 1.165) is 0 Å². The molecule has 0 saturated heterocycles. The Morgan fingerprint density at radius 2 is 2.12 bits per heavy atom. The molecular weight excluding hydrogens is 210 g/mol. The van der Waals surface area contributed by atoms with Crippen LogP contribution in [0, 0.1) is 5.92 Å². The number of methoxy groups -OCH3 is 1. The molecule has 0 amide bonds. The number of carboxylic acids is 1. The molecule has 5 nitrogen and oxygen atoms in total. The minimum Gasteiger partial charge on any atom is -0.475 e. The Bertz CT molecular complexity index is 370. The highest BCUT2D eigenvalue weighted by Gasteiger charge is 2.22. The minimum absolute atomic E-state index is 0.0763. The van der Waals surface area contributed by atoms with Crippen LogP contribution < -0.4 is 0 Å². The zero-order valence-electron chi connectivity index (χ0n) is 9.98. The van der Waals surface area contributed by atoms with Gasteiger partial charge in [-0.15, -0.1) is 0 Å². The van der Waals surface area contributed by atoms with Crippen molar-refractivity contribution in [2.45, 2.75) is 33.3 Å². The molecule has 0 radical (unpaired) electrons. The van der Waals surface area contributed by atoms with E-state index in [9.17, 15) is 4.79 Å². The molecular formula is C11H17NO4. The van der Waals surface area contributed by atoms with Crippen molar-refractivity contribution in [1.82, 2.24) is 4.98 Å². The van der Waals surface area contributed by atoms with Gasteiger partial charge in [-0.1, -0.05) is 13.8 Å². The number of carboxylic acid groups (broad SMARTS) is 1. The Kier molecular flexibility index (Phi) is 4.06. The van der Waals surface area contributed by atoms with Crippen molar-refractivity contribution in [1.29, 1.82) is 0 Å². The van der Waals surface area contributed by atoms with E-state index in [0.29, 0.717) is 23.9 Å². The van der Waals surface area contributed by atoms with Gasteiger partial charge in [0.15, 0.2) is 0 Å². The third-order valence-electron chi connectivity index (χ3n) is 2.21. The van der Waals surface area contributed by atoms with E-state index >= 15 is 0 Å². The molecule has 1 aromatic rings. The first kappa shape index (κ1) is 12.7. The molecule has 1 unspecified atom stereocenters. The Balaban J connectivity index is 3.04. The Morgan fingerprint density at radius 1 is 1.50 bits per heavy atom. The van der Waals surface area contributed by atoms with Gasteiger partial charge in [0.2, 0.25) is 11.7 Å². The van der Waals surface area contributed by atoms with Gasteiger partial charge in [-0.2, -0.15) is 0 Å². The Hall–Kier alpha value is -1.36. The number of oxazole rings is 1. The van der Waals surface area contributed by atoms with Crippen LogP contribution in [0.5, 0.6) is 0 Å². The third-order valence-corrected chi connectivity index (χ3v) is 2.21. The molecule has 1 aromatic heterocycles. The molecule has 5 heteroatoms. The number of rotatable bonds is 5. The SMILES string of the molecule is COC(C)c1nc(CC(C)C)c(C(=O)O)o1. The first-order valence-corrected chi connectivity index (χ1v) is 5.21. The number of carbonyl (C=O) groups is 1. The maximum atomic E-state index is 11.0. The molecule has 90 valence electrons. The van der Waals surface area contributed by atoms with Gasteiger partial charge < -0.3 is 14.3 Å². The summed E-state index contributed by atoms with van der Waals surface area (Å²) in [7, 11) is 1.53. The maximum Gasteiger partial charge on any atom is 0.373 e. The Morgan fingerprint density at radius 3 is 2.56 bits per heavy atom. The van der Waals surface area contributed by atoms with Gasteiger partial charge in [-0.25, -0.2) is 9.78 Å². The fourth-order valence-corrected chi connectivity index (χ4v) is 1.34. The topological polar surface area (TPSA) is 72.6 Å². The molecule has 1 atom stereocenters. The van der Waals surface area contributed by atoms with E-state index in [1.807, 2.05) is 13.8 Å². The third kappa shape index (κ3) is 2.82. The van der Waals surface area contributed by atoms with Crippen LogP contribution in [0.1, 0.15) is 49.0 Å². The molecule has 0 fully saturated rings. The number of hydrogen-bond donors (Lipinski definition) is 1. The molecule has 1 N–H and O–H groups in total. The lowest BCUT2D eigenvalue weighted by Gasteiger charge is -2.02. The van der Waals surface area contributed by atoms with Crippen LogP contribution in [0.4, 0.5) is 0 Å². The van der Waals surface area contributed by atoms with Crippen molar-refractivity contribution in [2.24, 2.45) is 5.92 Å². The highest BCUT2D eigenvalue weighted by atomic mass is 16.5. The zero-order chi connectivity index (χ0) is 12.3. The van der Waals surface area contributed by atoms with Crippen molar-refractivity contribution in [3.8, 4) is 0 Å². The number of aromatic nitrogens is 1. The molecule has 1 rings (SSSR count). The molecule has 0 aliphatic carbocycles. The number of aromatic carboxylic acids is 1. The summed E-state index contributed by atoms with van der Waals surface area (Å²) in [4.78, 5) is 15.1. The van der Waals surface area contributed by atoms with Crippen LogP contribution in [0.2, 0.25) is 0 Å². The number of nitrogens with zero attached hydrogens (tertiary/aromatic N) is 1. The van der Waals surface area contributed by atoms with Crippen molar-refractivity contribution in [2.75, 3.05) is 7.11 Å². The standard InChI is InChI=1S/C11H17NO4/c1-6(2)5-8-9(11(13)14)16-10(12-8)7(3)15-4/h6-7H,5H2,1-4H3,(H,13,14). The second-order valence-electron chi connectivity index (χ2n) is 4.11.